The Hall–Kier alpha value is -0.750. The minimum absolute atomic E-state index is 0.0947. The maximum absolute atomic E-state index is 12.5. The molecule has 5 nitrogen and oxygen atoms in total. The lowest BCUT2D eigenvalue weighted by Gasteiger charge is -2.29. The van der Waals surface area contributed by atoms with Gasteiger partial charge >= 0.3 is 0 Å². The maximum atomic E-state index is 12.5. The van der Waals surface area contributed by atoms with E-state index in [1.54, 1.807) is 16.7 Å². The first-order valence-electron chi connectivity index (χ1n) is 8.45. The van der Waals surface area contributed by atoms with Gasteiger partial charge in [0.05, 0.1) is 12.0 Å². The summed E-state index contributed by atoms with van der Waals surface area (Å²) in [6.45, 7) is 6.19. The third kappa shape index (κ3) is 4.38. The number of likely N-dealkylation sites (N-methyl/N-ethyl adjacent to an activating group) is 1. The van der Waals surface area contributed by atoms with Crippen molar-refractivity contribution in [2.24, 2.45) is 0 Å². The summed E-state index contributed by atoms with van der Waals surface area (Å²) in [7, 11) is 0. The third-order valence-electron chi connectivity index (χ3n) is 4.52. The van der Waals surface area contributed by atoms with E-state index in [9.17, 15) is 9.59 Å². The zero-order valence-electron chi connectivity index (χ0n) is 13.8. The Balaban J connectivity index is 1.86. The van der Waals surface area contributed by atoms with Crippen LogP contribution in [0.15, 0.2) is 0 Å². The Morgan fingerprint density at radius 2 is 2.05 bits per heavy atom. The molecule has 22 heavy (non-hydrogen) atoms. The van der Waals surface area contributed by atoms with Crippen molar-refractivity contribution < 1.29 is 14.3 Å². The summed E-state index contributed by atoms with van der Waals surface area (Å²) in [5.41, 5.74) is 0. The molecule has 0 spiro atoms. The minimum Gasteiger partial charge on any atom is -0.378 e. The normalized spacial score (nSPS) is 25.3. The summed E-state index contributed by atoms with van der Waals surface area (Å²) in [5.74, 6) is 1.56. The van der Waals surface area contributed by atoms with Crippen molar-refractivity contribution in [3.63, 3.8) is 0 Å². The van der Waals surface area contributed by atoms with E-state index in [-0.39, 0.29) is 24.0 Å². The zero-order valence-corrected chi connectivity index (χ0v) is 14.6. The van der Waals surface area contributed by atoms with Gasteiger partial charge in [0.25, 0.3) is 0 Å². The molecule has 0 saturated carbocycles. The van der Waals surface area contributed by atoms with Gasteiger partial charge < -0.3 is 14.5 Å². The van der Waals surface area contributed by atoms with Gasteiger partial charge in [-0.05, 0) is 39.5 Å². The summed E-state index contributed by atoms with van der Waals surface area (Å²) < 4.78 is 5.69. The Bertz CT molecular complexity index is 382. The second-order valence-corrected chi connectivity index (χ2v) is 6.92. The van der Waals surface area contributed by atoms with Crippen LogP contribution in [0.4, 0.5) is 0 Å². The van der Waals surface area contributed by atoms with E-state index in [1.165, 1.54) is 6.42 Å². The van der Waals surface area contributed by atoms with E-state index in [1.807, 2.05) is 18.7 Å². The summed E-state index contributed by atoms with van der Waals surface area (Å²) in [4.78, 5) is 28.6. The second-order valence-electron chi connectivity index (χ2n) is 5.92. The van der Waals surface area contributed by atoms with Gasteiger partial charge in [0.2, 0.25) is 11.8 Å². The number of amides is 2. The highest BCUT2D eigenvalue weighted by molar-refractivity contribution is 7.99. The van der Waals surface area contributed by atoms with E-state index in [2.05, 4.69) is 0 Å². The number of carbonyl (C=O) groups is 2. The van der Waals surface area contributed by atoms with Crippen molar-refractivity contribution in [1.82, 2.24) is 9.80 Å². The second kappa shape index (κ2) is 8.77. The predicted molar refractivity (Wildman–Crippen MR) is 88.7 cm³/mol. The van der Waals surface area contributed by atoms with E-state index >= 15 is 0 Å². The van der Waals surface area contributed by atoms with Crippen LogP contribution < -0.4 is 0 Å². The summed E-state index contributed by atoms with van der Waals surface area (Å²) in [5, 5.41) is 0. The molecule has 0 aliphatic carbocycles. The number of thioether (sulfide) groups is 1. The van der Waals surface area contributed by atoms with Crippen LogP contribution in [0.5, 0.6) is 0 Å². The molecule has 2 saturated heterocycles. The van der Waals surface area contributed by atoms with Crippen LogP contribution in [-0.4, -0.2) is 65.1 Å². The van der Waals surface area contributed by atoms with E-state index in [4.69, 9.17) is 4.74 Å². The van der Waals surface area contributed by atoms with Gasteiger partial charge in [-0.2, -0.15) is 0 Å². The van der Waals surface area contributed by atoms with Gasteiger partial charge in [0.15, 0.2) is 0 Å². The van der Waals surface area contributed by atoms with Crippen molar-refractivity contribution in [3.05, 3.63) is 0 Å². The van der Waals surface area contributed by atoms with Crippen molar-refractivity contribution in [2.45, 2.75) is 58.1 Å². The Morgan fingerprint density at radius 1 is 1.27 bits per heavy atom. The fourth-order valence-electron chi connectivity index (χ4n) is 3.10. The molecule has 0 radical (unpaired) electrons. The molecule has 0 N–H and O–H groups in total. The average molecular weight is 328 g/mol. The van der Waals surface area contributed by atoms with E-state index < -0.39 is 0 Å². The van der Waals surface area contributed by atoms with E-state index in [0.29, 0.717) is 25.4 Å². The SMILES string of the molecule is CCN(CC)C(=O)[C@H]1CSCN1C(=O)CC[C@H]1CCCCO1. The van der Waals surface area contributed by atoms with Gasteiger partial charge in [-0.1, -0.05) is 0 Å². The summed E-state index contributed by atoms with van der Waals surface area (Å²) in [6.07, 6.45) is 4.89. The number of ether oxygens (including phenoxy) is 1. The lowest BCUT2D eigenvalue weighted by molar-refractivity contribution is -0.143. The van der Waals surface area contributed by atoms with Crippen LogP contribution in [0.2, 0.25) is 0 Å². The van der Waals surface area contributed by atoms with Gasteiger partial charge in [0.1, 0.15) is 6.04 Å². The first-order valence-corrected chi connectivity index (χ1v) is 9.60. The number of nitrogens with zero attached hydrogens (tertiary/aromatic N) is 2. The molecule has 6 heteroatoms. The molecular formula is C16H28N2O3S. The van der Waals surface area contributed by atoms with Crippen LogP contribution >= 0.6 is 11.8 Å². The molecule has 0 unspecified atom stereocenters. The quantitative estimate of drug-likeness (QED) is 0.749. The first-order chi connectivity index (χ1) is 10.7. The highest BCUT2D eigenvalue weighted by Gasteiger charge is 2.36. The van der Waals surface area contributed by atoms with Crippen molar-refractivity contribution in [1.29, 1.82) is 0 Å². The first kappa shape index (κ1) is 17.6. The topological polar surface area (TPSA) is 49.9 Å². The Kier molecular flexibility index (Phi) is 7.02. The van der Waals surface area contributed by atoms with Crippen molar-refractivity contribution >= 4 is 23.6 Å². The predicted octanol–water partition coefficient (Wildman–Crippen LogP) is 2.11. The van der Waals surface area contributed by atoms with Crippen molar-refractivity contribution in [2.75, 3.05) is 31.3 Å². The highest BCUT2D eigenvalue weighted by Crippen LogP contribution is 2.25. The molecule has 2 aliphatic heterocycles. The molecule has 2 aliphatic rings. The van der Waals surface area contributed by atoms with Crippen LogP contribution in [0.1, 0.15) is 46.0 Å². The van der Waals surface area contributed by atoms with Gasteiger partial charge in [0, 0.05) is 31.9 Å². The fourth-order valence-corrected chi connectivity index (χ4v) is 4.27. The molecule has 2 rings (SSSR count). The molecule has 0 aromatic rings. The maximum Gasteiger partial charge on any atom is 0.246 e. The summed E-state index contributed by atoms with van der Waals surface area (Å²) in [6, 6.07) is -0.273. The van der Waals surface area contributed by atoms with Crippen LogP contribution in [0, 0.1) is 0 Å². The largest absolute Gasteiger partial charge is 0.378 e. The summed E-state index contributed by atoms with van der Waals surface area (Å²) >= 11 is 1.67. The molecule has 0 aromatic carbocycles. The molecular weight excluding hydrogens is 300 g/mol. The van der Waals surface area contributed by atoms with E-state index in [0.717, 1.165) is 31.6 Å². The number of carbonyl (C=O) groups excluding carboxylic acids is 2. The highest BCUT2D eigenvalue weighted by atomic mass is 32.2. The minimum atomic E-state index is -0.273. The fraction of sp³-hybridized carbons (Fsp3) is 0.875. The number of rotatable bonds is 6. The molecule has 2 fully saturated rings. The number of hydrogen-bond donors (Lipinski definition) is 0. The van der Waals surface area contributed by atoms with Gasteiger partial charge in [-0.25, -0.2) is 0 Å². The lowest BCUT2D eigenvalue weighted by Crippen LogP contribution is -2.49. The zero-order chi connectivity index (χ0) is 15.9. The molecule has 2 amide bonds. The lowest BCUT2D eigenvalue weighted by atomic mass is 10.0. The molecule has 2 heterocycles. The molecule has 126 valence electrons. The van der Waals surface area contributed by atoms with Crippen LogP contribution in [-0.2, 0) is 14.3 Å². The standard InChI is InChI=1S/C16H28N2O3S/c1-3-17(4-2)16(20)14-11-22-12-18(14)15(19)9-8-13-7-5-6-10-21-13/h13-14H,3-12H2,1-2H3/t13-,14-/m1/s1. The molecule has 2 atom stereocenters. The molecule has 0 bridgehead atoms. The van der Waals surface area contributed by atoms with Gasteiger partial charge in [-0.3, -0.25) is 9.59 Å². The third-order valence-corrected chi connectivity index (χ3v) is 5.53. The smallest absolute Gasteiger partial charge is 0.246 e. The molecule has 0 aromatic heterocycles. The van der Waals surface area contributed by atoms with Crippen LogP contribution in [0.3, 0.4) is 0 Å². The Labute approximate surface area is 137 Å². The monoisotopic (exact) mass is 328 g/mol. The average Bonchev–Trinajstić information content (AvgIpc) is 3.04. The number of hydrogen-bond acceptors (Lipinski definition) is 4. The van der Waals surface area contributed by atoms with Crippen molar-refractivity contribution in [3.8, 4) is 0 Å². The Morgan fingerprint density at radius 3 is 2.68 bits per heavy atom. The van der Waals surface area contributed by atoms with Crippen LogP contribution in [0.25, 0.3) is 0 Å². The van der Waals surface area contributed by atoms with Gasteiger partial charge in [-0.15, -0.1) is 11.8 Å².